The van der Waals surface area contributed by atoms with E-state index in [9.17, 15) is 8.78 Å². The molecular formula is C12H13BrF2O2. The summed E-state index contributed by atoms with van der Waals surface area (Å²) in [6, 6.07) is 3.49. The Hall–Kier alpha value is -0.520. The Bertz CT molecular complexity index is 413. The van der Waals surface area contributed by atoms with Crippen molar-refractivity contribution in [3.8, 4) is 0 Å². The number of hydrogen-bond acceptors (Lipinski definition) is 2. The largest absolute Gasteiger partial charge is 0.396 e. The van der Waals surface area contributed by atoms with E-state index >= 15 is 0 Å². The molecular weight excluding hydrogens is 294 g/mol. The topological polar surface area (TPSA) is 29.5 Å². The third-order valence-electron chi connectivity index (χ3n) is 3.11. The van der Waals surface area contributed by atoms with Gasteiger partial charge in [-0.15, -0.1) is 0 Å². The van der Waals surface area contributed by atoms with Crippen LogP contribution in [-0.4, -0.2) is 23.7 Å². The summed E-state index contributed by atoms with van der Waals surface area (Å²) >= 11 is 3.31. The SMILES string of the molecule is OC[C@@H]1CO[C@@](CBr)(c2ccc(F)cc2F)C1. The molecule has 1 heterocycles. The van der Waals surface area contributed by atoms with Crippen molar-refractivity contribution in [1.29, 1.82) is 0 Å². The minimum Gasteiger partial charge on any atom is -0.396 e. The van der Waals surface area contributed by atoms with Crippen LogP contribution in [0.1, 0.15) is 12.0 Å². The zero-order valence-corrected chi connectivity index (χ0v) is 10.7. The van der Waals surface area contributed by atoms with Gasteiger partial charge in [0.05, 0.1) is 6.61 Å². The molecule has 1 aromatic rings. The molecule has 0 spiro atoms. The minimum atomic E-state index is -0.800. The van der Waals surface area contributed by atoms with Gasteiger partial charge in [0, 0.05) is 29.5 Å². The first-order valence-electron chi connectivity index (χ1n) is 5.37. The molecule has 0 saturated carbocycles. The number of hydrogen-bond donors (Lipinski definition) is 1. The number of ether oxygens (including phenoxy) is 1. The Kier molecular flexibility index (Phi) is 3.80. The third-order valence-corrected chi connectivity index (χ3v) is 4.02. The minimum absolute atomic E-state index is 0.00277. The maximum absolute atomic E-state index is 13.8. The highest BCUT2D eigenvalue weighted by Crippen LogP contribution is 2.41. The standard InChI is InChI=1S/C12H13BrF2O2/c13-7-12(4-8(5-16)6-17-12)10-2-1-9(14)3-11(10)15/h1-3,8,16H,4-7H2/t8-,12+/m1/s1. The zero-order valence-electron chi connectivity index (χ0n) is 9.13. The monoisotopic (exact) mass is 306 g/mol. The van der Waals surface area contributed by atoms with Crippen molar-refractivity contribution in [2.75, 3.05) is 18.5 Å². The maximum Gasteiger partial charge on any atom is 0.132 e. The fraction of sp³-hybridized carbons (Fsp3) is 0.500. The van der Waals surface area contributed by atoms with Gasteiger partial charge >= 0.3 is 0 Å². The Morgan fingerprint density at radius 3 is 2.76 bits per heavy atom. The van der Waals surface area contributed by atoms with Crippen LogP contribution in [0.25, 0.3) is 0 Å². The first-order valence-corrected chi connectivity index (χ1v) is 6.50. The van der Waals surface area contributed by atoms with E-state index in [1.54, 1.807) is 0 Å². The molecule has 94 valence electrons. The van der Waals surface area contributed by atoms with Gasteiger partial charge in [-0.25, -0.2) is 8.78 Å². The first-order chi connectivity index (χ1) is 8.11. The van der Waals surface area contributed by atoms with Gasteiger partial charge in [-0.05, 0) is 12.5 Å². The lowest BCUT2D eigenvalue weighted by atomic mass is 9.89. The number of aliphatic hydroxyl groups excluding tert-OH is 1. The van der Waals surface area contributed by atoms with Crippen molar-refractivity contribution >= 4 is 15.9 Å². The van der Waals surface area contributed by atoms with Crippen molar-refractivity contribution in [2.45, 2.75) is 12.0 Å². The maximum atomic E-state index is 13.8. The number of benzene rings is 1. The molecule has 2 atom stereocenters. The average Bonchev–Trinajstić information content (AvgIpc) is 2.74. The van der Waals surface area contributed by atoms with Gasteiger partial charge in [-0.3, -0.25) is 0 Å². The lowest BCUT2D eigenvalue weighted by Crippen LogP contribution is -2.28. The molecule has 17 heavy (non-hydrogen) atoms. The van der Waals surface area contributed by atoms with Gasteiger partial charge in [0.2, 0.25) is 0 Å². The second-order valence-corrected chi connectivity index (χ2v) is 4.88. The number of rotatable bonds is 3. The lowest BCUT2D eigenvalue weighted by molar-refractivity contribution is 0.0171. The Labute approximate surface area is 107 Å². The van der Waals surface area contributed by atoms with E-state index < -0.39 is 17.2 Å². The van der Waals surface area contributed by atoms with Gasteiger partial charge in [-0.2, -0.15) is 0 Å². The highest BCUT2D eigenvalue weighted by atomic mass is 79.9. The summed E-state index contributed by atoms with van der Waals surface area (Å²) in [5.74, 6) is -1.22. The predicted octanol–water partition coefficient (Wildman–Crippen LogP) is 2.58. The highest BCUT2D eigenvalue weighted by Gasteiger charge is 2.42. The molecule has 1 saturated heterocycles. The Balaban J connectivity index is 2.35. The molecule has 0 bridgehead atoms. The number of halogens is 3. The van der Waals surface area contributed by atoms with Crippen molar-refractivity contribution in [1.82, 2.24) is 0 Å². The second kappa shape index (κ2) is 5.00. The van der Waals surface area contributed by atoms with Gasteiger partial charge in [0.25, 0.3) is 0 Å². The Morgan fingerprint density at radius 2 is 2.24 bits per heavy atom. The van der Waals surface area contributed by atoms with Crippen LogP contribution in [0.2, 0.25) is 0 Å². The third kappa shape index (κ3) is 2.37. The lowest BCUT2D eigenvalue weighted by Gasteiger charge is -2.27. The van der Waals surface area contributed by atoms with Gasteiger partial charge in [0.1, 0.15) is 17.2 Å². The van der Waals surface area contributed by atoms with Gasteiger partial charge < -0.3 is 9.84 Å². The highest BCUT2D eigenvalue weighted by molar-refractivity contribution is 9.09. The Morgan fingerprint density at radius 1 is 1.47 bits per heavy atom. The fourth-order valence-corrected chi connectivity index (χ4v) is 2.88. The molecule has 0 radical (unpaired) electrons. The molecule has 1 aromatic carbocycles. The van der Waals surface area contributed by atoms with Crippen molar-refractivity contribution in [2.24, 2.45) is 5.92 Å². The normalized spacial score (nSPS) is 28.6. The molecule has 5 heteroatoms. The van der Waals surface area contributed by atoms with E-state index in [0.717, 1.165) is 6.07 Å². The molecule has 1 aliphatic heterocycles. The molecule has 0 aromatic heterocycles. The van der Waals surface area contributed by atoms with Crippen LogP contribution < -0.4 is 0 Å². The zero-order chi connectivity index (χ0) is 12.5. The van der Waals surface area contributed by atoms with E-state index in [-0.39, 0.29) is 12.5 Å². The van der Waals surface area contributed by atoms with Crippen LogP contribution in [0, 0.1) is 17.6 Å². The molecule has 2 rings (SSSR count). The summed E-state index contributed by atoms with van der Waals surface area (Å²) < 4.78 is 32.3. The molecule has 1 N–H and O–H groups in total. The predicted molar refractivity (Wildman–Crippen MR) is 63.0 cm³/mol. The van der Waals surface area contributed by atoms with Crippen molar-refractivity contribution in [3.05, 3.63) is 35.4 Å². The molecule has 2 nitrogen and oxygen atoms in total. The fourth-order valence-electron chi connectivity index (χ4n) is 2.19. The van der Waals surface area contributed by atoms with Crippen LogP contribution in [0.5, 0.6) is 0 Å². The summed E-state index contributed by atoms with van der Waals surface area (Å²) in [5, 5.41) is 9.52. The van der Waals surface area contributed by atoms with E-state index in [1.165, 1.54) is 12.1 Å². The molecule has 0 unspecified atom stereocenters. The van der Waals surface area contributed by atoms with Gasteiger partial charge in [0.15, 0.2) is 0 Å². The first kappa shape index (κ1) is 12.9. The van der Waals surface area contributed by atoms with E-state index in [4.69, 9.17) is 9.84 Å². The van der Waals surface area contributed by atoms with Crippen molar-refractivity contribution < 1.29 is 18.6 Å². The summed E-state index contributed by atoms with van der Waals surface area (Å²) in [6.45, 7) is 0.399. The van der Waals surface area contributed by atoms with Crippen LogP contribution in [0.15, 0.2) is 18.2 Å². The van der Waals surface area contributed by atoms with Crippen LogP contribution in [0.4, 0.5) is 8.78 Å². The van der Waals surface area contributed by atoms with Gasteiger partial charge in [-0.1, -0.05) is 22.0 Å². The smallest absolute Gasteiger partial charge is 0.132 e. The van der Waals surface area contributed by atoms with Crippen LogP contribution in [-0.2, 0) is 10.3 Å². The number of alkyl halides is 1. The number of aliphatic hydroxyl groups is 1. The van der Waals surface area contributed by atoms with E-state index in [0.29, 0.717) is 23.9 Å². The average molecular weight is 307 g/mol. The second-order valence-electron chi connectivity index (χ2n) is 4.32. The molecule has 1 aliphatic rings. The summed E-state index contributed by atoms with van der Waals surface area (Å²) in [7, 11) is 0. The summed E-state index contributed by atoms with van der Waals surface area (Å²) in [4.78, 5) is 0. The quantitative estimate of drug-likeness (QED) is 0.870. The van der Waals surface area contributed by atoms with E-state index in [1.807, 2.05) is 0 Å². The summed E-state index contributed by atoms with van der Waals surface area (Å²) in [5.41, 5.74) is -0.461. The molecule has 0 amide bonds. The van der Waals surface area contributed by atoms with Crippen LogP contribution >= 0.6 is 15.9 Å². The molecule has 1 fully saturated rings. The summed E-state index contributed by atoms with van der Waals surface area (Å²) in [6.07, 6.45) is 0.525. The van der Waals surface area contributed by atoms with Crippen LogP contribution in [0.3, 0.4) is 0 Å². The van der Waals surface area contributed by atoms with E-state index in [2.05, 4.69) is 15.9 Å². The van der Waals surface area contributed by atoms with Crippen molar-refractivity contribution in [3.63, 3.8) is 0 Å². The molecule has 0 aliphatic carbocycles.